The maximum Gasteiger partial charge on any atom is 0.291 e. The van der Waals surface area contributed by atoms with Crippen LogP contribution in [0.3, 0.4) is 0 Å². The second-order valence-electron chi connectivity index (χ2n) is 6.42. The molecule has 0 atom stereocenters. The van der Waals surface area contributed by atoms with Crippen LogP contribution in [0.15, 0.2) is 94.0 Å². The minimum Gasteiger partial charge on any atom is -0.451 e. The van der Waals surface area contributed by atoms with Gasteiger partial charge >= 0.3 is 0 Å². The van der Waals surface area contributed by atoms with Crippen LogP contribution in [0.1, 0.15) is 10.6 Å². The first-order valence-electron chi connectivity index (χ1n) is 9.04. The van der Waals surface area contributed by atoms with Crippen molar-refractivity contribution in [3.05, 3.63) is 91.0 Å². The van der Waals surface area contributed by atoms with Crippen LogP contribution in [0.25, 0.3) is 33.9 Å². The van der Waals surface area contributed by atoms with Gasteiger partial charge in [0.1, 0.15) is 11.3 Å². The van der Waals surface area contributed by atoms with E-state index in [1.807, 2.05) is 42.5 Å². The molecule has 29 heavy (non-hydrogen) atoms. The van der Waals surface area contributed by atoms with Gasteiger partial charge in [-0.05, 0) is 42.5 Å². The molecule has 2 aromatic carbocycles. The summed E-state index contributed by atoms with van der Waals surface area (Å²) in [6.07, 6.45) is 3.37. The Hall–Kier alpha value is -4.19. The monoisotopic (exact) mass is 381 g/mol. The Bertz CT molecular complexity index is 1290. The van der Waals surface area contributed by atoms with Gasteiger partial charge in [0.05, 0.1) is 0 Å². The van der Waals surface area contributed by atoms with E-state index >= 15 is 0 Å². The fourth-order valence-electron chi connectivity index (χ4n) is 3.03. The van der Waals surface area contributed by atoms with Crippen molar-refractivity contribution in [2.45, 2.75) is 0 Å². The first-order chi connectivity index (χ1) is 14.3. The molecule has 3 aromatic heterocycles. The molecule has 0 aliphatic carbocycles. The van der Waals surface area contributed by atoms with Gasteiger partial charge in [0.25, 0.3) is 5.91 Å². The van der Waals surface area contributed by atoms with Gasteiger partial charge in [0, 0.05) is 29.2 Å². The van der Waals surface area contributed by atoms with Crippen LogP contribution in [-0.2, 0) is 0 Å². The molecule has 0 aliphatic rings. The zero-order valence-electron chi connectivity index (χ0n) is 15.2. The summed E-state index contributed by atoms with van der Waals surface area (Å²) >= 11 is 0. The number of fused-ring (bicyclic) bond motifs is 1. The average Bonchev–Trinajstić information content (AvgIpc) is 3.42. The number of furan rings is 1. The Labute approximate surface area is 165 Å². The smallest absolute Gasteiger partial charge is 0.291 e. The molecule has 3 heterocycles. The van der Waals surface area contributed by atoms with E-state index in [9.17, 15) is 4.79 Å². The Morgan fingerprint density at radius 2 is 1.66 bits per heavy atom. The highest BCUT2D eigenvalue weighted by Crippen LogP contribution is 2.27. The van der Waals surface area contributed by atoms with Gasteiger partial charge in [-0.2, -0.15) is 0 Å². The Balaban J connectivity index is 1.37. The molecular weight excluding hydrogens is 366 g/mol. The van der Waals surface area contributed by atoms with E-state index < -0.39 is 0 Å². The van der Waals surface area contributed by atoms with Crippen LogP contribution in [-0.4, -0.2) is 15.9 Å². The van der Waals surface area contributed by atoms with E-state index in [1.165, 1.54) is 0 Å². The number of aromatic nitrogens is 2. The molecule has 0 bridgehead atoms. The van der Waals surface area contributed by atoms with Crippen LogP contribution in [0.5, 0.6) is 0 Å². The molecule has 5 rings (SSSR count). The molecule has 0 aliphatic heterocycles. The molecule has 6 nitrogen and oxygen atoms in total. The normalized spacial score (nSPS) is 10.9. The summed E-state index contributed by atoms with van der Waals surface area (Å²) in [7, 11) is 0. The highest BCUT2D eigenvalue weighted by atomic mass is 16.4. The molecule has 5 aromatic rings. The number of anilines is 1. The Morgan fingerprint density at radius 1 is 0.828 bits per heavy atom. The van der Waals surface area contributed by atoms with Gasteiger partial charge < -0.3 is 14.2 Å². The van der Waals surface area contributed by atoms with Crippen molar-refractivity contribution >= 4 is 22.7 Å². The SMILES string of the molecule is O=C(Nc1ccc2oc(-c3ccncc3)nc2c1)c1ccc(-c2ccccc2)o1. The predicted molar refractivity (Wildman–Crippen MR) is 109 cm³/mol. The topological polar surface area (TPSA) is 81.2 Å². The predicted octanol–water partition coefficient (Wildman–Crippen LogP) is 5.40. The molecule has 0 saturated heterocycles. The molecule has 1 N–H and O–H groups in total. The molecule has 0 spiro atoms. The van der Waals surface area contributed by atoms with Crippen molar-refractivity contribution in [2.24, 2.45) is 0 Å². The van der Waals surface area contributed by atoms with Crippen LogP contribution in [0.2, 0.25) is 0 Å². The lowest BCUT2D eigenvalue weighted by Crippen LogP contribution is -2.10. The molecule has 0 saturated carbocycles. The summed E-state index contributed by atoms with van der Waals surface area (Å²) in [6.45, 7) is 0. The van der Waals surface area contributed by atoms with Gasteiger partial charge in [-0.3, -0.25) is 9.78 Å². The van der Waals surface area contributed by atoms with Gasteiger partial charge in [-0.15, -0.1) is 0 Å². The molecule has 140 valence electrons. The third kappa shape index (κ3) is 3.39. The fraction of sp³-hybridized carbons (Fsp3) is 0. The summed E-state index contributed by atoms with van der Waals surface area (Å²) in [6, 6.07) is 22.0. The molecule has 0 unspecified atom stereocenters. The van der Waals surface area contributed by atoms with Crippen molar-refractivity contribution in [3.63, 3.8) is 0 Å². The highest BCUT2D eigenvalue weighted by molar-refractivity contribution is 6.03. The lowest BCUT2D eigenvalue weighted by atomic mass is 10.2. The standard InChI is InChI=1S/C23H15N3O3/c27-22(21-9-8-19(28-21)15-4-2-1-3-5-15)25-17-6-7-20-18(14-17)26-23(29-20)16-10-12-24-13-11-16/h1-14H,(H,25,27). The quantitative estimate of drug-likeness (QED) is 0.451. The maximum atomic E-state index is 12.6. The number of nitrogens with zero attached hydrogens (tertiary/aromatic N) is 2. The fourth-order valence-corrected chi connectivity index (χ4v) is 3.03. The van der Waals surface area contributed by atoms with E-state index in [2.05, 4.69) is 15.3 Å². The van der Waals surface area contributed by atoms with E-state index in [4.69, 9.17) is 8.83 Å². The number of amides is 1. The lowest BCUT2D eigenvalue weighted by molar-refractivity contribution is 0.0997. The zero-order chi connectivity index (χ0) is 19.6. The van der Waals surface area contributed by atoms with Crippen molar-refractivity contribution in [3.8, 4) is 22.8 Å². The molecule has 0 fully saturated rings. The second kappa shape index (κ2) is 7.09. The number of nitrogens with one attached hydrogen (secondary N) is 1. The Kier molecular flexibility index (Phi) is 4.14. The van der Waals surface area contributed by atoms with E-state index in [-0.39, 0.29) is 11.7 Å². The average molecular weight is 381 g/mol. The van der Waals surface area contributed by atoms with E-state index in [0.29, 0.717) is 28.4 Å². The van der Waals surface area contributed by atoms with Crippen molar-refractivity contribution in [2.75, 3.05) is 5.32 Å². The van der Waals surface area contributed by atoms with Crippen LogP contribution in [0.4, 0.5) is 5.69 Å². The number of hydrogen-bond acceptors (Lipinski definition) is 5. The van der Waals surface area contributed by atoms with Crippen LogP contribution in [0, 0.1) is 0 Å². The second-order valence-corrected chi connectivity index (χ2v) is 6.42. The minimum absolute atomic E-state index is 0.238. The third-order valence-electron chi connectivity index (χ3n) is 4.46. The number of carbonyl (C=O) groups excluding carboxylic acids is 1. The number of carbonyl (C=O) groups is 1. The van der Waals surface area contributed by atoms with E-state index in [0.717, 1.165) is 11.1 Å². The van der Waals surface area contributed by atoms with Gasteiger partial charge in [-0.25, -0.2) is 4.98 Å². The van der Waals surface area contributed by atoms with Crippen LogP contribution >= 0.6 is 0 Å². The first-order valence-corrected chi connectivity index (χ1v) is 9.04. The van der Waals surface area contributed by atoms with Gasteiger partial charge in [0.2, 0.25) is 5.89 Å². The summed E-state index contributed by atoms with van der Waals surface area (Å²) in [5.41, 5.74) is 3.65. The summed E-state index contributed by atoms with van der Waals surface area (Å²) < 4.78 is 11.5. The number of benzene rings is 2. The largest absolute Gasteiger partial charge is 0.451 e. The van der Waals surface area contributed by atoms with Crippen molar-refractivity contribution in [1.82, 2.24) is 9.97 Å². The summed E-state index contributed by atoms with van der Waals surface area (Å²) in [5, 5.41) is 2.84. The lowest BCUT2D eigenvalue weighted by Gasteiger charge is -2.02. The maximum absolute atomic E-state index is 12.6. The Morgan fingerprint density at radius 3 is 2.48 bits per heavy atom. The van der Waals surface area contributed by atoms with Gasteiger partial charge in [-0.1, -0.05) is 30.3 Å². The number of pyridine rings is 1. The number of oxazole rings is 1. The molecular formula is C23H15N3O3. The minimum atomic E-state index is -0.329. The van der Waals surface area contributed by atoms with Crippen molar-refractivity contribution < 1.29 is 13.6 Å². The number of hydrogen-bond donors (Lipinski definition) is 1. The number of rotatable bonds is 4. The molecule has 0 radical (unpaired) electrons. The van der Waals surface area contributed by atoms with Crippen LogP contribution < -0.4 is 5.32 Å². The summed E-state index contributed by atoms with van der Waals surface area (Å²) in [4.78, 5) is 21.1. The molecule has 6 heteroatoms. The van der Waals surface area contributed by atoms with Gasteiger partial charge in [0.15, 0.2) is 11.3 Å². The molecule has 1 amide bonds. The first kappa shape index (κ1) is 16.9. The highest BCUT2D eigenvalue weighted by Gasteiger charge is 2.14. The third-order valence-corrected chi connectivity index (χ3v) is 4.46. The summed E-state index contributed by atoms with van der Waals surface area (Å²) in [5.74, 6) is 1.06. The van der Waals surface area contributed by atoms with E-state index in [1.54, 1.807) is 42.7 Å². The zero-order valence-corrected chi connectivity index (χ0v) is 15.2. The van der Waals surface area contributed by atoms with Crippen molar-refractivity contribution in [1.29, 1.82) is 0 Å².